The first-order chi connectivity index (χ1) is 9.52. The summed E-state index contributed by atoms with van der Waals surface area (Å²) in [5, 5.41) is 13.9. The first-order valence-corrected chi connectivity index (χ1v) is 6.72. The van der Waals surface area contributed by atoms with Crippen molar-refractivity contribution < 1.29 is 14.1 Å². The van der Waals surface area contributed by atoms with Gasteiger partial charge in [-0.25, -0.2) is 0 Å². The Morgan fingerprint density at radius 1 is 1.45 bits per heavy atom. The summed E-state index contributed by atoms with van der Waals surface area (Å²) in [4.78, 5) is 9.98. The summed E-state index contributed by atoms with van der Waals surface area (Å²) in [6, 6.07) is 4.26. The molecule has 1 aliphatic rings. The maximum Gasteiger partial charge on any atom is 0.305 e. The van der Waals surface area contributed by atoms with Gasteiger partial charge >= 0.3 is 5.69 Å². The van der Waals surface area contributed by atoms with Crippen LogP contribution >= 0.6 is 0 Å². The Kier molecular flexibility index (Phi) is 4.67. The van der Waals surface area contributed by atoms with Crippen molar-refractivity contribution in [1.82, 2.24) is 5.32 Å². The molecule has 0 saturated carbocycles. The Bertz CT molecular complexity index is 487. The van der Waals surface area contributed by atoms with Gasteiger partial charge in [-0.05, 0) is 18.3 Å². The summed E-state index contributed by atoms with van der Waals surface area (Å²) in [5.41, 5.74) is 0.00607. The molecule has 2 rings (SSSR count). The minimum Gasteiger partial charge on any atom is -0.381 e. The molecule has 1 heterocycles. The van der Waals surface area contributed by atoms with Crippen molar-refractivity contribution in [2.24, 2.45) is 5.41 Å². The summed E-state index contributed by atoms with van der Waals surface area (Å²) in [7, 11) is 0. The minimum absolute atomic E-state index is 0.148. The van der Waals surface area contributed by atoms with Gasteiger partial charge in [0.1, 0.15) is 0 Å². The molecule has 0 aliphatic carbocycles. The van der Waals surface area contributed by atoms with E-state index in [0.717, 1.165) is 32.6 Å². The van der Waals surface area contributed by atoms with Gasteiger partial charge in [-0.2, -0.15) is 4.39 Å². The molecule has 1 aliphatic heterocycles. The van der Waals surface area contributed by atoms with Crippen LogP contribution in [0.5, 0.6) is 0 Å². The van der Waals surface area contributed by atoms with Crippen LogP contribution in [0.25, 0.3) is 0 Å². The van der Waals surface area contributed by atoms with Crippen molar-refractivity contribution in [1.29, 1.82) is 0 Å². The quantitative estimate of drug-likeness (QED) is 0.666. The molecule has 0 aromatic heterocycles. The van der Waals surface area contributed by atoms with E-state index >= 15 is 0 Å². The average molecular weight is 282 g/mol. The molecular weight excluding hydrogens is 263 g/mol. The van der Waals surface area contributed by atoms with Crippen LogP contribution in [0.2, 0.25) is 0 Å². The van der Waals surface area contributed by atoms with E-state index in [2.05, 4.69) is 12.2 Å². The first kappa shape index (κ1) is 14.9. The maximum atomic E-state index is 13.9. The van der Waals surface area contributed by atoms with E-state index < -0.39 is 16.4 Å². The zero-order valence-corrected chi connectivity index (χ0v) is 11.5. The number of nitrogens with zero attached hydrogens (tertiary/aromatic N) is 1. The average Bonchev–Trinajstić information content (AvgIpc) is 2.41. The second kappa shape index (κ2) is 6.28. The van der Waals surface area contributed by atoms with Crippen molar-refractivity contribution in [2.45, 2.75) is 26.3 Å². The molecule has 0 spiro atoms. The molecule has 1 N–H and O–H groups in total. The first-order valence-electron chi connectivity index (χ1n) is 6.72. The normalized spacial score (nSPS) is 17.9. The fourth-order valence-corrected chi connectivity index (χ4v) is 2.38. The van der Waals surface area contributed by atoms with Crippen LogP contribution in [0.4, 0.5) is 10.1 Å². The Morgan fingerprint density at radius 2 is 2.15 bits per heavy atom. The molecule has 110 valence electrons. The smallest absolute Gasteiger partial charge is 0.305 e. The molecule has 1 fully saturated rings. The Morgan fingerprint density at radius 3 is 2.80 bits per heavy atom. The van der Waals surface area contributed by atoms with Gasteiger partial charge in [-0.15, -0.1) is 0 Å². The highest BCUT2D eigenvalue weighted by Crippen LogP contribution is 2.29. The number of hydrogen-bond donors (Lipinski definition) is 1. The van der Waals surface area contributed by atoms with Gasteiger partial charge in [0.25, 0.3) is 0 Å². The van der Waals surface area contributed by atoms with Crippen LogP contribution < -0.4 is 5.32 Å². The summed E-state index contributed by atoms with van der Waals surface area (Å²) in [5.74, 6) is -0.748. The lowest BCUT2D eigenvalue weighted by molar-refractivity contribution is -0.387. The van der Waals surface area contributed by atoms with E-state index in [0.29, 0.717) is 12.1 Å². The number of nitro benzene ring substituents is 1. The van der Waals surface area contributed by atoms with E-state index in [4.69, 9.17) is 4.74 Å². The van der Waals surface area contributed by atoms with Crippen LogP contribution in [-0.4, -0.2) is 24.7 Å². The highest BCUT2D eigenvalue weighted by molar-refractivity contribution is 5.36. The summed E-state index contributed by atoms with van der Waals surface area (Å²) in [6.45, 7) is 4.72. The highest BCUT2D eigenvalue weighted by atomic mass is 19.1. The van der Waals surface area contributed by atoms with Gasteiger partial charge in [0.2, 0.25) is 5.82 Å². The molecule has 0 amide bonds. The predicted molar refractivity (Wildman–Crippen MR) is 72.9 cm³/mol. The van der Waals surface area contributed by atoms with E-state index in [1.165, 1.54) is 12.1 Å². The molecule has 6 heteroatoms. The van der Waals surface area contributed by atoms with Gasteiger partial charge in [-0.3, -0.25) is 10.1 Å². The third kappa shape index (κ3) is 3.52. The van der Waals surface area contributed by atoms with E-state index in [-0.39, 0.29) is 5.41 Å². The standard InChI is InChI=1S/C14H19FN2O3/c1-14(5-7-20-8-6-14)10-16-9-11-3-2-4-12(13(11)15)17(18)19/h2-4,16H,5-10H2,1H3. The van der Waals surface area contributed by atoms with Crippen molar-refractivity contribution in [3.8, 4) is 0 Å². The van der Waals surface area contributed by atoms with Crippen molar-refractivity contribution in [2.75, 3.05) is 19.8 Å². The molecule has 0 bridgehead atoms. The van der Waals surface area contributed by atoms with Gasteiger partial charge < -0.3 is 10.1 Å². The zero-order valence-electron chi connectivity index (χ0n) is 11.5. The molecule has 5 nitrogen and oxygen atoms in total. The third-order valence-corrected chi connectivity index (χ3v) is 3.82. The molecule has 1 aromatic carbocycles. The van der Waals surface area contributed by atoms with E-state index in [1.807, 2.05) is 0 Å². The second-order valence-electron chi connectivity index (χ2n) is 5.53. The maximum absolute atomic E-state index is 13.9. The molecule has 0 atom stereocenters. The number of halogens is 1. The summed E-state index contributed by atoms with van der Waals surface area (Å²) >= 11 is 0. The summed E-state index contributed by atoms with van der Waals surface area (Å²) < 4.78 is 19.2. The van der Waals surface area contributed by atoms with Crippen LogP contribution in [0.3, 0.4) is 0 Å². The highest BCUT2D eigenvalue weighted by Gasteiger charge is 2.27. The van der Waals surface area contributed by atoms with Gasteiger partial charge in [-0.1, -0.05) is 19.1 Å². The van der Waals surface area contributed by atoms with Crippen molar-refractivity contribution >= 4 is 5.69 Å². The van der Waals surface area contributed by atoms with Gasteiger partial charge in [0.05, 0.1) is 4.92 Å². The monoisotopic (exact) mass is 282 g/mol. The van der Waals surface area contributed by atoms with Crippen LogP contribution in [0, 0.1) is 21.3 Å². The topological polar surface area (TPSA) is 64.4 Å². The van der Waals surface area contributed by atoms with Crippen LogP contribution in [-0.2, 0) is 11.3 Å². The number of nitrogens with one attached hydrogen (secondary N) is 1. The zero-order chi connectivity index (χ0) is 14.6. The predicted octanol–water partition coefficient (Wildman–Crippen LogP) is 2.64. The molecule has 1 saturated heterocycles. The number of rotatable bonds is 5. The Balaban J connectivity index is 1.94. The SMILES string of the molecule is CC1(CNCc2cccc([N+](=O)[O-])c2F)CCOCC1. The number of benzene rings is 1. The number of ether oxygens (including phenoxy) is 1. The fourth-order valence-electron chi connectivity index (χ4n) is 2.38. The Labute approximate surface area is 117 Å². The third-order valence-electron chi connectivity index (χ3n) is 3.82. The minimum atomic E-state index is -0.748. The molecule has 20 heavy (non-hydrogen) atoms. The van der Waals surface area contributed by atoms with Crippen molar-refractivity contribution in [3.63, 3.8) is 0 Å². The fraction of sp³-hybridized carbons (Fsp3) is 0.571. The van der Waals surface area contributed by atoms with E-state index in [9.17, 15) is 14.5 Å². The largest absolute Gasteiger partial charge is 0.381 e. The number of nitro groups is 1. The molecular formula is C14H19FN2O3. The lowest BCUT2D eigenvalue weighted by Gasteiger charge is -2.33. The van der Waals surface area contributed by atoms with E-state index in [1.54, 1.807) is 6.07 Å². The Hall–Kier alpha value is -1.53. The van der Waals surface area contributed by atoms with Gasteiger partial charge in [0, 0.05) is 37.9 Å². The molecule has 1 aromatic rings. The van der Waals surface area contributed by atoms with Crippen molar-refractivity contribution in [3.05, 3.63) is 39.7 Å². The van der Waals surface area contributed by atoms with Crippen LogP contribution in [0.1, 0.15) is 25.3 Å². The molecule has 0 unspecified atom stereocenters. The second-order valence-corrected chi connectivity index (χ2v) is 5.53. The number of hydrogen-bond acceptors (Lipinski definition) is 4. The lowest BCUT2D eigenvalue weighted by Crippen LogP contribution is -2.36. The summed E-state index contributed by atoms with van der Waals surface area (Å²) in [6.07, 6.45) is 1.94. The van der Waals surface area contributed by atoms with Gasteiger partial charge in [0.15, 0.2) is 0 Å². The van der Waals surface area contributed by atoms with Crippen LogP contribution in [0.15, 0.2) is 18.2 Å². The lowest BCUT2D eigenvalue weighted by atomic mass is 9.82. The molecule has 0 radical (unpaired) electrons.